The Morgan fingerprint density at radius 3 is 2.84 bits per heavy atom. The van der Waals surface area contributed by atoms with Gasteiger partial charge in [0.25, 0.3) is 0 Å². The van der Waals surface area contributed by atoms with Gasteiger partial charge in [0.15, 0.2) is 0 Å². The van der Waals surface area contributed by atoms with Gasteiger partial charge in [-0.15, -0.1) is 0 Å². The first-order chi connectivity index (χ1) is 9.25. The van der Waals surface area contributed by atoms with Crippen LogP contribution < -0.4 is 5.32 Å². The molecule has 3 atom stereocenters. The van der Waals surface area contributed by atoms with E-state index in [4.69, 9.17) is 4.74 Å². The molecular formula is C14H25N3O2. The lowest BCUT2D eigenvalue weighted by atomic mass is 9.94. The fraction of sp³-hybridized carbons (Fsp3) is 0.929. The van der Waals surface area contributed by atoms with E-state index in [9.17, 15) is 4.79 Å². The van der Waals surface area contributed by atoms with Crippen molar-refractivity contribution < 1.29 is 9.53 Å². The minimum Gasteiger partial charge on any atom is -0.378 e. The molecule has 0 aliphatic carbocycles. The number of hydrogen-bond donors (Lipinski definition) is 1. The zero-order valence-electron chi connectivity index (χ0n) is 11.8. The Kier molecular flexibility index (Phi) is 4.05. The standard InChI is InChI=1S/C14H25N3O2/c1-11(14(18)16-5-7-19-8-6-16)17-9-12-3-2-4-15-13(12)10-17/h11-13,15H,2-10H2,1H3/t11?,12-,13+/m0/s1. The van der Waals surface area contributed by atoms with E-state index in [1.807, 2.05) is 4.90 Å². The Morgan fingerprint density at radius 1 is 1.32 bits per heavy atom. The number of likely N-dealkylation sites (tertiary alicyclic amines) is 1. The predicted octanol–water partition coefficient (Wildman–Crippen LogP) is -0.0825. The van der Waals surface area contributed by atoms with Crippen molar-refractivity contribution in [3.8, 4) is 0 Å². The summed E-state index contributed by atoms with van der Waals surface area (Å²) in [4.78, 5) is 16.8. The number of morpholine rings is 1. The fourth-order valence-electron chi connectivity index (χ4n) is 3.60. The molecule has 3 aliphatic heterocycles. The van der Waals surface area contributed by atoms with E-state index in [1.165, 1.54) is 12.8 Å². The summed E-state index contributed by atoms with van der Waals surface area (Å²) in [5.74, 6) is 1.02. The number of nitrogens with zero attached hydrogens (tertiary/aromatic N) is 2. The van der Waals surface area contributed by atoms with Crippen LogP contribution in [0.3, 0.4) is 0 Å². The molecule has 19 heavy (non-hydrogen) atoms. The van der Waals surface area contributed by atoms with Crippen LogP contribution in [0.15, 0.2) is 0 Å². The van der Waals surface area contributed by atoms with Gasteiger partial charge in [-0.05, 0) is 32.2 Å². The Labute approximate surface area is 115 Å². The Morgan fingerprint density at radius 2 is 2.11 bits per heavy atom. The smallest absolute Gasteiger partial charge is 0.239 e. The van der Waals surface area contributed by atoms with Crippen molar-refractivity contribution >= 4 is 5.91 Å². The van der Waals surface area contributed by atoms with Crippen LogP contribution in [0.4, 0.5) is 0 Å². The lowest BCUT2D eigenvalue weighted by molar-refractivity contribution is -0.140. The third kappa shape index (κ3) is 2.78. The number of piperidine rings is 1. The second kappa shape index (κ2) is 5.77. The van der Waals surface area contributed by atoms with E-state index < -0.39 is 0 Å². The minimum absolute atomic E-state index is 0.0190. The van der Waals surface area contributed by atoms with Crippen molar-refractivity contribution in [2.75, 3.05) is 45.9 Å². The SMILES string of the molecule is CC(C(=O)N1CCOCC1)N1C[C@@H]2CCCN[C@@H]2C1. The van der Waals surface area contributed by atoms with Gasteiger partial charge in [0.2, 0.25) is 5.91 Å². The zero-order chi connectivity index (χ0) is 13.2. The first-order valence-corrected chi connectivity index (χ1v) is 7.59. The highest BCUT2D eigenvalue weighted by Crippen LogP contribution is 2.26. The molecule has 3 saturated heterocycles. The first-order valence-electron chi connectivity index (χ1n) is 7.59. The van der Waals surface area contributed by atoms with E-state index in [2.05, 4.69) is 17.1 Å². The maximum atomic E-state index is 12.5. The Balaban J connectivity index is 1.57. The minimum atomic E-state index is 0.0190. The van der Waals surface area contributed by atoms with Gasteiger partial charge in [-0.2, -0.15) is 0 Å². The van der Waals surface area contributed by atoms with Gasteiger partial charge < -0.3 is 15.0 Å². The summed E-state index contributed by atoms with van der Waals surface area (Å²) < 4.78 is 5.31. The summed E-state index contributed by atoms with van der Waals surface area (Å²) in [6.45, 7) is 8.19. The molecule has 0 bridgehead atoms. The van der Waals surface area contributed by atoms with Crippen molar-refractivity contribution in [2.45, 2.75) is 31.8 Å². The number of nitrogens with one attached hydrogen (secondary N) is 1. The van der Waals surface area contributed by atoms with Crippen LogP contribution in [-0.2, 0) is 9.53 Å². The first kappa shape index (κ1) is 13.3. The summed E-state index contributed by atoms with van der Waals surface area (Å²) in [5, 5.41) is 3.60. The lowest BCUT2D eigenvalue weighted by Gasteiger charge is -2.32. The molecule has 3 heterocycles. The maximum Gasteiger partial charge on any atom is 0.239 e. The molecule has 1 N–H and O–H groups in total. The van der Waals surface area contributed by atoms with Crippen LogP contribution in [0.2, 0.25) is 0 Å². The molecule has 0 radical (unpaired) electrons. The summed E-state index contributed by atoms with van der Waals surface area (Å²) >= 11 is 0. The van der Waals surface area contributed by atoms with E-state index in [0.717, 1.165) is 38.6 Å². The van der Waals surface area contributed by atoms with Crippen LogP contribution in [0.25, 0.3) is 0 Å². The summed E-state index contributed by atoms with van der Waals surface area (Å²) in [6.07, 6.45) is 2.59. The highest BCUT2D eigenvalue weighted by Gasteiger charge is 2.38. The van der Waals surface area contributed by atoms with Crippen LogP contribution in [0, 0.1) is 5.92 Å². The Bertz CT molecular complexity index is 317. The molecule has 0 aromatic rings. The molecule has 1 unspecified atom stereocenters. The molecule has 3 aliphatic rings. The molecule has 108 valence electrons. The third-order valence-electron chi connectivity index (χ3n) is 4.86. The average Bonchev–Trinajstić information content (AvgIpc) is 2.90. The Hall–Kier alpha value is -0.650. The highest BCUT2D eigenvalue weighted by molar-refractivity contribution is 5.81. The number of fused-ring (bicyclic) bond motifs is 1. The monoisotopic (exact) mass is 267 g/mol. The quantitative estimate of drug-likeness (QED) is 0.760. The van der Waals surface area contributed by atoms with Gasteiger partial charge in [0.1, 0.15) is 0 Å². The topological polar surface area (TPSA) is 44.8 Å². The second-order valence-electron chi connectivity index (χ2n) is 6.03. The van der Waals surface area contributed by atoms with Crippen molar-refractivity contribution in [3.63, 3.8) is 0 Å². The molecule has 3 fully saturated rings. The maximum absolute atomic E-state index is 12.5. The normalized spacial score (nSPS) is 34.1. The van der Waals surface area contributed by atoms with Crippen LogP contribution in [0.5, 0.6) is 0 Å². The van der Waals surface area contributed by atoms with Crippen molar-refractivity contribution in [1.82, 2.24) is 15.1 Å². The van der Waals surface area contributed by atoms with Crippen LogP contribution in [-0.4, -0.2) is 73.7 Å². The molecule has 3 rings (SSSR count). The molecule has 1 amide bonds. The van der Waals surface area contributed by atoms with Gasteiger partial charge >= 0.3 is 0 Å². The van der Waals surface area contributed by atoms with Crippen molar-refractivity contribution in [3.05, 3.63) is 0 Å². The summed E-state index contributed by atoms with van der Waals surface area (Å²) in [7, 11) is 0. The average molecular weight is 267 g/mol. The van der Waals surface area contributed by atoms with Crippen molar-refractivity contribution in [2.24, 2.45) is 5.92 Å². The van der Waals surface area contributed by atoms with Gasteiger partial charge in [0, 0.05) is 32.2 Å². The number of ether oxygens (including phenoxy) is 1. The number of hydrogen-bond acceptors (Lipinski definition) is 4. The van der Waals surface area contributed by atoms with Gasteiger partial charge in [-0.25, -0.2) is 0 Å². The zero-order valence-corrected chi connectivity index (χ0v) is 11.8. The van der Waals surface area contributed by atoms with Crippen LogP contribution >= 0.6 is 0 Å². The molecule has 0 aromatic heterocycles. The number of carbonyl (C=O) groups is 1. The largest absolute Gasteiger partial charge is 0.378 e. The summed E-state index contributed by atoms with van der Waals surface area (Å²) in [5.41, 5.74) is 0. The number of carbonyl (C=O) groups excluding carboxylic acids is 1. The van der Waals surface area contributed by atoms with Crippen molar-refractivity contribution in [1.29, 1.82) is 0 Å². The fourth-order valence-corrected chi connectivity index (χ4v) is 3.60. The summed E-state index contributed by atoms with van der Waals surface area (Å²) in [6, 6.07) is 0.624. The highest BCUT2D eigenvalue weighted by atomic mass is 16.5. The van der Waals surface area contributed by atoms with Gasteiger partial charge in [0.05, 0.1) is 19.3 Å². The third-order valence-corrected chi connectivity index (χ3v) is 4.86. The lowest BCUT2D eigenvalue weighted by Crippen LogP contribution is -2.50. The van der Waals surface area contributed by atoms with E-state index in [1.54, 1.807) is 0 Å². The molecule has 0 saturated carbocycles. The van der Waals surface area contributed by atoms with Crippen LogP contribution in [0.1, 0.15) is 19.8 Å². The van der Waals surface area contributed by atoms with Gasteiger partial charge in [-0.3, -0.25) is 9.69 Å². The predicted molar refractivity (Wildman–Crippen MR) is 72.9 cm³/mol. The molecule has 0 aromatic carbocycles. The molecular weight excluding hydrogens is 242 g/mol. The van der Waals surface area contributed by atoms with Gasteiger partial charge in [-0.1, -0.05) is 0 Å². The number of amides is 1. The van der Waals surface area contributed by atoms with E-state index in [0.29, 0.717) is 19.3 Å². The molecule has 5 nitrogen and oxygen atoms in total. The molecule has 0 spiro atoms. The number of rotatable bonds is 2. The van der Waals surface area contributed by atoms with E-state index >= 15 is 0 Å². The second-order valence-corrected chi connectivity index (χ2v) is 6.03. The molecule has 5 heteroatoms. The van der Waals surface area contributed by atoms with E-state index in [-0.39, 0.29) is 11.9 Å².